The normalized spacial score (nSPS) is 23.0. The number of Topliss-reactive ketones (excluding diaryl/α,β-unsaturated/α-hetero) is 1. The highest BCUT2D eigenvalue weighted by Crippen LogP contribution is 2.45. The van der Waals surface area contributed by atoms with Crippen molar-refractivity contribution in [1.29, 1.82) is 0 Å². The second-order valence-electron chi connectivity index (χ2n) is 10.4. The first-order valence-corrected chi connectivity index (χ1v) is 13.3. The zero-order valence-corrected chi connectivity index (χ0v) is 20.4. The van der Waals surface area contributed by atoms with E-state index in [0.717, 1.165) is 38.5 Å². The van der Waals surface area contributed by atoms with Crippen LogP contribution in [0.25, 0.3) is 11.1 Å². The molecule has 1 aliphatic carbocycles. The summed E-state index contributed by atoms with van der Waals surface area (Å²) in [5, 5.41) is 0. The Hall–Kier alpha value is -2.62. The summed E-state index contributed by atoms with van der Waals surface area (Å²) in [5.74, 6) is 0.628. The molecule has 0 saturated carbocycles. The van der Waals surface area contributed by atoms with Crippen LogP contribution in [0, 0.1) is 5.92 Å². The first kappa shape index (κ1) is 23.1. The Labute approximate surface area is 203 Å². The number of unbranched alkanes of at least 4 members (excludes halogenated alkanes) is 4. The van der Waals surface area contributed by atoms with Crippen molar-refractivity contribution < 1.29 is 14.3 Å². The Bertz CT molecular complexity index is 972. The summed E-state index contributed by atoms with van der Waals surface area (Å²) >= 11 is 0. The summed E-state index contributed by atoms with van der Waals surface area (Å²) in [4.78, 5) is 28.0. The van der Waals surface area contributed by atoms with Gasteiger partial charge in [0.05, 0.1) is 0 Å². The van der Waals surface area contributed by atoms with Gasteiger partial charge in [-0.2, -0.15) is 0 Å². The Morgan fingerprint density at radius 3 is 2.06 bits per heavy atom. The Kier molecular flexibility index (Phi) is 7.03. The maximum absolute atomic E-state index is 13.2. The summed E-state index contributed by atoms with van der Waals surface area (Å²) in [5.41, 5.74) is 4.96. The smallest absolute Gasteiger partial charge is 0.410 e. The molecule has 4 nitrogen and oxygen atoms in total. The minimum absolute atomic E-state index is 0.0841. The Morgan fingerprint density at radius 2 is 1.44 bits per heavy atom. The summed E-state index contributed by atoms with van der Waals surface area (Å²) < 4.78 is 5.96. The summed E-state index contributed by atoms with van der Waals surface area (Å²) in [6, 6.07) is 17.2. The van der Waals surface area contributed by atoms with E-state index >= 15 is 0 Å². The van der Waals surface area contributed by atoms with Gasteiger partial charge >= 0.3 is 6.09 Å². The number of ketones is 1. The number of amides is 1. The second kappa shape index (κ2) is 10.3. The lowest BCUT2D eigenvalue weighted by Crippen LogP contribution is -2.48. The van der Waals surface area contributed by atoms with Gasteiger partial charge in [-0.05, 0) is 54.4 Å². The van der Waals surface area contributed by atoms with Gasteiger partial charge in [0.1, 0.15) is 12.4 Å². The minimum atomic E-state index is -0.195. The number of carbonyl (C=O) groups excluding carboxylic acids is 2. The largest absolute Gasteiger partial charge is 0.448 e. The van der Waals surface area contributed by atoms with Gasteiger partial charge in [0.15, 0.2) is 0 Å². The monoisotopic (exact) mass is 459 g/mol. The molecule has 2 unspecified atom stereocenters. The van der Waals surface area contributed by atoms with Crippen LogP contribution in [-0.2, 0) is 9.53 Å². The molecule has 2 heterocycles. The lowest BCUT2D eigenvalue weighted by atomic mass is 9.85. The van der Waals surface area contributed by atoms with Gasteiger partial charge in [-0.1, -0.05) is 81.1 Å². The molecule has 0 aromatic heterocycles. The fourth-order valence-electron chi connectivity index (χ4n) is 6.51. The Balaban J connectivity index is 1.18. The number of benzene rings is 2. The van der Waals surface area contributed by atoms with Crippen molar-refractivity contribution in [2.24, 2.45) is 5.92 Å². The fraction of sp³-hybridized carbons (Fsp3) is 0.533. The maximum Gasteiger partial charge on any atom is 0.410 e. The number of hydrogen-bond acceptors (Lipinski definition) is 3. The molecule has 4 heteroatoms. The van der Waals surface area contributed by atoms with Gasteiger partial charge in [-0.25, -0.2) is 4.79 Å². The molecule has 2 aromatic rings. The van der Waals surface area contributed by atoms with Gasteiger partial charge in [0, 0.05) is 30.3 Å². The quantitative estimate of drug-likeness (QED) is 0.375. The number of carbonyl (C=O) groups is 2. The van der Waals surface area contributed by atoms with Gasteiger partial charge in [-0.3, -0.25) is 4.79 Å². The van der Waals surface area contributed by atoms with E-state index in [1.54, 1.807) is 0 Å². The zero-order chi connectivity index (χ0) is 23.5. The summed E-state index contributed by atoms with van der Waals surface area (Å²) in [6.45, 7) is 2.58. The lowest BCUT2D eigenvalue weighted by molar-refractivity contribution is -0.125. The molecule has 1 amide bonds. The molecule has 2 aromatic carbocycles. The van der Waals surface area contributed by atoms with Crippen LogP contribution < -0.4 is 0 Å². The third kappa shape index (κ3) is 4.52. The van der Waals surface area contributed by atoms with Crippen molar-refractivity contribution in [3.63, 3.8) is 0 Å². The molecular weight excluding hydrogens is 422 g/mol. The number of rotatable bonds is 9. The molecule has 2 bridgehead atoms. The summed E-state index contributed by atoms with van der Waals surface area (Å²) in [6.07, 6.45) is 10.0. The highest BCUT2D eigenvalue weighted by atomic mass is 16.6. The molecule has 0 radical (unpaired) electrons. The van der Waals surface area contributed by atoms with Crippen molar-refractivity contribution >= 4 is 11.9 Å². The van der Waals surface area contributed by atoms with Crippen molar-refractivity contribution in [3.8, 4) is 11.1 Å². The molecule has 0 N–H and O–H groups in total. The molecule has 0 spiro atoms. The van der Waals surface area contributed by atoms with E-state index in [4.69, 9.17) is 4.74 Å². The standard InChI is InChI=1S/C30H37NO3/c1-2-3-4-5-6-15-29(32)21-18-22-16-17-23(19-21)31(22)30(33)34-20-28-26-13-9-7-11-24(26)25-12-8-10-14-27(25)28/h7-14,21-23,28H,2-6,15-20H2,1H3. The fourth-order valence-corrected chi connectivity index (χ4v) is 6.51. The van der Waals surface area contributed by atoms with Crippen LogP contribution in [0.15, 0.2) is 48.5 Å². The highest BCUT2D eigenvalue weighted by Gasteiger charge is 2.45. The van der Waals surface area contributed by atoms with Crippen LogP contribution in [0.3, 0.4) is 0 Å². The third-order valence-electron chi connectivity index (χ3n) is 8.26. The first-order chi connectivity index (χ1) is 16.7. The summed E-state index contributed by atoms with van der Waals surface area (Å²) in [7, 11) is 0. The van der Waals surface area contributed by atoms with Gasteiger partial charge in [0.2, 0.25) is 0 Å². The molecular formula is C30H37NO3. The molecule has 2 fully saturated rings. The highest BCUT2D eigenvalue weighted by molar-refractivity contribution is 5.82. The predicted octanol–water partition coefficient (Wildman–Crippen LogP) is 7.11. The first-order valence-electron chi connectivity index (χ1n) is 13.3. The van der Waals surface area contributed by atoms with Crippen LogP contribution in [0.4, 0.5) is 4.79 Å². The number of nitrogens with zero attached hydrogens (tertiary/aromatic N) is 1. The van der Waals surface area contributed by atoms with E-state index < -0.39 is 0 Å². The van der Waals surface area contributed by atoms with Gasteiger partial charge < -0.3 is 9.64 Å². The van der Waals surface area contributed by atoms with Crippen LogP contribution in [0.2, 0.25) is 0 Å². The molecule has 3 aliphatic rings. The van der Waals surface area contributed by atoms with Gasteiger partial charge in [0.25, 0.3) is 0 Å². The molecule has 34 heavy (non-hydrogen) atoms. The van der Waals surface area contributed by atoms with E-state index in [-0.39, 0.29) is 30.0 Å². The van der Waals surface area contributed by atoms with Crippen molar-refractivity contribution in [2.45, 2.75) is 89.1 Å². The van der Waals surface area contributed by atoms with Crippen molar-refractivity contribution in [1.82, 2.24) is 4.90 Å². The van der Waals surface area contributed by atoms with Crippen LogP contribution in [0.5, 0.6) is 0 Å². The van der Waals surface area contributed by atoms with E-state index in [9.17, 15) is 9.59 Å². The van der Waals surface area contributed by atoms with Gasteiger partial charge in [-0.15, -0.1) is 0 Å². The van der Waals surface area contributed by atoms with Crippen molar-refractivity contribution in [2.75, 3.05) is 6.61 Å². The van der Waals surface area contributed by atoms with Crippen molar-refractivity contribution in [3.05, 3.63) is 59.7 Å². The number of fused-ring (bicyclic) bond motifs is 5. The minimum Gasteiger partial charge on any atom is -0.448 e. The molecule has 5 rings (SSSR count). The molecule has 2 atom stereocenters. The lowest BCUT2D eigenvalue weighted by Gasteiger charge is -2.37. The number of ether oxygens (including phenoxy) is 1. The third-order valence-corrected chi connectivity index (χ3v) is 8.26. The van der Waals surface area contributed by atoms with E-state index in [0.29, 0.717) is 18.8 Å². The molecule has 2 aliphatic heterocycles. The average Bonchev–Trinajstić information content (AvgIpc) is 3.32. The molecule has 2 saturated heterocycles. The van der Waals surface area contributed by atoms with Crippen LogP contribution in [0.1, 0.15) is 88.2 Å². The topological polar surface area (TPSA) is 46.6 Å². The molecule has 180 valence electrons. The zero-order valence-electron chi connectivity index (χ0n) is 20.4. The Morgan fingerprint density at radius 1 is 0.853 bits per heavy atom. The van der Waals surface area contributed by atoms with E-state index in [1.165, 1.54) is 41.5 Å². The van der Waals surface area contributed by atoms with E-state index in [1.807, 2.05) is 4.90 Å². The van der Waals surface area contributed by atoms with E-state index in [2.05, 4.69) is 55.5 Å². The maximum atomic E-state index is 13.2. The van der Waals surface area contributed by atoms with Crippen LogP contribution >= 0.6 is 0 Å². The average molecular weight is 460 g/mol. The SMILES string of the molecule is CCCCCCCC(=O)C1CC2CCC(C1)N2C(=O)OCC1c2ccccc2-c2ccccc21. The number of piperidine rings is 1. The second-order valence-corrected chi connectivity index (χ2v) is 10.4. The van der Waals surface area contributed by atoms with Crippen LogP contribution in [-0.4, -0.2) is 35.5 Å². The predicted molar refractivity (Wildman–Crippen MR) is 135 cm³/mol. The number of hydrogen-bond donors (Lipinski definition) is 0.